The molecule has 0 aliphatic carbocycles. The van der Waals surface area contributed by atoms with Crippen LogP contribution in [0.15, 0.2) is 24.3 Å². The number of rotatable bonds is 8. The largest absolute Gasteiger partial charge is 0.491 e. The van der Waals surface area contributed by atoms with Crippen molar-refractivity contribution in [3.63, 3.8) is 0 Å². The molecule has 0 heterocycles. The third-order valence-corrected chi connectivity index (χ3v) is 2.76. The lowest BCUT2D eigenvalue weighted by Gasteiger charge is -2.12. The van der Waals surface area contributed by atoms with E-state index in [0.29, 0.717) is 25.2 Å². The van der Waals surface area contributed by atoms with Crippen LogP contribution in [0.4, 0.5) is 0 Å². The summed E-state index contributed by atoms with van der Waals surface area (Å²) < 4.78 is 11.1. The van der Waals surface area contributed by atoms with E-state index in [0.717, 1.165) is 12.4 Å². The molecule has 1 rings (SSSR count). The summed E-state index contributed by atoms with van der Waals surface area (Å²) in [6.07, 6.45) is 0. The summed E-state index contributed by atoms with van der Waals surface area (Å²) in [4.78, 5) is 0. The van der Waals surface area contributed by atoms with Crippen LogP contribution in [0.3, 0.4) is 0 Å². The van der Waals surface area contributed by atoms with E-state index >= 15 is 0 Å². The van der Waals surface area contributed by atoms with Crippen molar-refractivity contribution in [2.75, 3.05) is 26.9 Å². The Labute approximate surface area is 110 Å². The molecule has 18 heavy (non-hydrogen) atoms. The molecule has 0 aliphatic heterocycles. The zero-order valence-corrected chi connectivity index (χ0v) is 11.9. The number of ether oxygens (including phenoxy) is 2. The molecule has 0 aromatic heterocycles. The number of hydrogen-bond acceptors (Lipinski definition) is 3. The summed E-state index contributed by atoms with van der Waals surface area (Å²) in [6.45, 7) is 8.46. The Bertz CT molecular complexity index is 322. The van der Waals surface area contributed by atoms with Gasteiger partial charge in [-0.05, 0) is 37.6 Å². The van der Waals surface area contributed by atoms with Gasteiger partial charge in [0.1, 0.15) is 12.4 Å². The normalized spacial score (nSPS) is 12.7. The van der Waals surface area contributed by atoms with E-state index in [2.05, 4.69) is 38.2 Å². The molecular weight excluding hydrogens is 226 g/mol. The van der Waals surface area contributed by atoms with Crippen molar-refractivity contribution in [3.05, 3.63) is 29.8 Å². The first-order valence-corrected chi connectivity index (χ1v) is 6.61. The molecule has 0 saturated heterocycles. The molecule has 0 amide bonds. The quantitative estimate of drug-likeness (QED) is 0.720. The zero-order chi connectivity index (χ0) is 13.4. The van der Waals surface area contributed by atoms with Crippen LogP contribution in [-0.4, -0.2) is 26.9 Å². The van der Waals surface area contributed by atoms with Crippen LogP contribution < -0.4 is 10.1 Å². The highest BCUT2D eigenvalue weighted by Gasteiger charge is 2.02. The van der Waals surface area contributed by atoms with Crippen LogP contribution in [0, 0.1) is 5.92 Å². The lowest BCUT2D eigenvalue weighted by atomic mass is 10.1. The second-order valence-corrected chi connectivity index (χ2v) is 4.90. The molecule has 1 N–H and O–H groups in total. The predicted molar refractivity (Wildman–Crippen MR) is 75.1 cm³/mol. The smallest absolute Gasteiger partial charge is 0.119 e. The van der Waals surface area contributed by atoms with Crippen molar-refractivity contribution >= 4 is 0 Å². The molecule has 1 atom stereocenters. The number of nitrogens with one attached hydrogen (secondary N) is 1. The molecule has 3 nitrogen and oxygen atoms in total. The molecule has 0 bridgehead atoms. The zero-order valence-electron chi connectivity index (χ0n) is 11.9. The van der Waals surface area contributed by atoms with Gasteiger partial charge in [0.05, 0.1) is 6.61 Å². The van der Waals surface area contributed by atoms with Gasteiger partial charge in [-0.25, -0.2) is 0 Å². The lowest BCUT2D eigenvalue weighted by molar-refractivity contribution is 0.0819. The SMILES string of the molecule is CNC(C)c1ccc(OCCOCC(C)C)cc1. The minimum absolute atomic E-state index is 0.369. The lowest BCUT2D eigenvalue weighted by Crippen LogP contribution is -2.12. The summed E-state index contributed by atoms with van der Waals surface area (Å²) in [7, 11) is 1.96. The minimum Gasteiger partial charge on any atom is -0.491 e. The monoisotopic (exact) mass is 251 g/mol. The van der Waals surface area contributed by atoms with Crippen molar-refractivity contribution in [3.8, 4) is 5.75 Å². The maximum Gasteiger partial charge on any atom is 0.119 e. The van der Waals surface area contributed by atoms with Gasteiger partial charge in [-0.3, -0.25) is 0 Å². The van der Waals surface area contributed by atoms with Crippen molar-refractivity contribution < 1.29 is 9.47 Å². The molecule has 0 fully saturated rings. The summed E-state index contributed by atoms with van der Waals surface area (Å²) >= 11 is 0. The van der Waals surface area contributed by atoms with Crippen LogP contribution in [0.5, 0.6) is 5.75 Å². The maximum absolute atomic E-state index is 5.61. The Morgan fingerprint density at radius 1 is 1.06 bits per heavy atom. The van der Waals surface area contributed by atoms with Crippen LogP contribution in [0.25, 0.3) is 0 Å². The minimum atomic E-state index is 0.369. The first-order valence-electron chi connectivity index (χ1n) is 6.61. The molecule has 0 aliphatic rings. The highest BCUT2D eigenvalue weighted by Crippen LogP contribution is 2.17. The van der Waals surface area contributed by atoms with Crippen LogP contribution in [-0.2, 0) is 4.74 Å². The van der Waals surface area contributed by atoms with E-state index in [1.807, 2.05) is 19.2 Å². The summed E-state index contributed by atoms with van der Waals surface area (Å²) in [6, 6.07) is 8.56. The first kappa shape index (κ1) is 15.0. The van der Waals surface area contributed by atoms with Gasteiger partial charge in [-0.2, -0.15) is 0 Å². The van der Waals surface area contributed by atoms with E-state index in [1.54, 1.807) is 0 Å². The molecule has 1 aromatic rings. The second-order valence-electron chi connectivity index (χ2n) is 4.90. The fourth-order valence-electron chi connectivity index (χ4n) is 1.56. The molecule has 0 saturated carbocycles. The van der Waals surface area contributed by atoms with E-state index in [9.17, 15) is 0 Å². The molecule has 0 radical (unpaired) electrons. The third kappa shape index (κ3) is 5.52. The Morgan fingerprint density at radius 2 is 1.72 bits per heavy atom. The number of benzene rings is 1. The van der Waals surface area contributed by atoms with Crippen LogP contribution >= 0.6 is 0 Å². The Hall–Kier alpha value is -1.06. The summed E-state index contributed by atoms with van der Waals surface area (Å²) in [5.41, 5.74) is 1.26. The van der Waals surface area contributed by atoms with Crippen LogP contribution in [0.1, 0.15) is 32.4 Å². The molecule has 1 aromatic carbocycles. The second kappa shape index (κ2) is 8.11. The fraction of sp³-hybridized carbons (Fsp3) is 0.600. The third-order valence-electron chi connectivity index (χ3n) is 2.76. The molecule has 3 heteroatoms. The first-order chi connectivity index (χ1) is 8.63. The van der Waals surface area contributed by atoms with Gasteiger partial charge in [0.2, 0.25) is 0 Å². The Balaban J connectivity index is 2.27. The Kier molecular flexibility index (Phi) is 6.76. The molecular formula is C15H25NO2. The standard InChI is InChI=1S/C15H25NO2/c1-12(2)11-17-9-10-18-15-7-5-14(6-8-15)13(3)16-4/h5-8,12-13,16H,9-11H2,1-4H3. The van der Waals surface area contributed by atoms with Crippen LogP contribution in [0.2, 0.25) is 0 Å². The van der Waals surface area contributed by atoms with E-state index < -0.39 is 0 Å². The molecule has 102 valence electrons. The topological polar surface area (TPSA) is 30.5 Å². The van der Waals surface area contributed by atoms with Crippen molar-refractivity contribution in [1.29, 1.82) is 0 Å². The van der Waals surface area contributed by atoms with Crippen molar-refractivity contribution in [1.82, 2.24) is 5.32 Å². The van der Waals surface area contributed by atoms with Gasteiger partial charge in [-0.1, -0.05) is 26.0 Å². The number of hydrogen-bond donors (Lipinski definition) is 1. The van der Waals surface area contributed by atoms with E-state index in [1.165, 1.54) is 5.56 Å². The van der Waals surface area contributed by atoms with Gasteiger partial charge in [0, 0.05) is 12.6 Å². The molecule has 1 unspecified atom stereocenters. The van der Waals surface area contributed by atoms with Gasteiger partial charge in [0.25, 0.3) is 0 Å². The molecule has 0 spiro atoms. The van der Waals surface area contributed by atoms with Gasteiger partial charge < -0.3 is 14.8 Å². The fourth-order valence-corrected chi connectivity index (χ4v) is 1.56. The summed E-state index contributed by atoms with van der Waals surface area (Å²) in [5, 5.41) is 3.21. The Morgan fingerprint density at radius 3 is 2.28 bits per heavy atom. The summed E-state index contributed by atoms with van der Waals surface area (Å²) in [5.74, 6) is 1.47. The highest BCUT2D eigenvalue weighted by molar-refractivity contribution is 5.28. The van der Waals surface area contributed by atoms with Crippen molar-refractivity contribution in [2.45, 2.75) is 26.8 Å². The van der Waals surface area contributed by atoms with E-state index in [4.69, 9.17) is 9.47 Å². The van der Waals surface area contributed by atoms with Gasteiger partial charge >= 0.3 is 0 Å². The average Bonchev–Trinajstić information content (AvgIpc) is 2.38. The van der Waals surface area contributed by atoms with Gasteiger partial charge in [0.15, 0.2) is 0 Å². The van der Waals surface area contributed by atoms with Gasteiger partial charge in [-0.15, -0.1) is 0 Å². The highest BCUT2D eigenvalue weighted by atomic mass is 16.5. The van der Waals surface area contributed by atoms with E-state index in [-0.39, 0.29) is 0 Å². The van der Waals surface area contributed by atoms with Crippen molar-refractivity contribution in [2.24, 2.45) is 5.92 Å². The average molecular weight is 251 g/mol. The maximum atomic E-state index is 5.61. The predicted octanol–water partition coefficient (Wildman–Crippen LogP) is 3.02.